The van der Waals surface area contributed by atoms with Crippen molar-refractivity contribution in [3.8, 4) is 5.75 Å². The van der Waals surface area contributed by atoms with Crippen molar-refractivity contribution in [2.24, 2.45) is 0 Å². The molecule has 0 saturated carbocycles. The number of aryl methyl sites for hydroxylation is 1. The highest BCUT2D eigenvalue weighted by molar-refractivity contribution is 7.51. The van der Waals surface area contributed by atoms with Crippen molar-refractivity contribution >= 4 is 45.9 Å². The van der Waals surface area contributed by atoms with E-state index in [0.717, 1.165) is 5.56 Å². The first kappa shape index (κ1) is 13.6. The summed E-state index contributed by atoms with van der Waals surface area (Å²) in [4.78, 5) is 21.6. The Balaban J connectivity index is 2.50. The molecule has 0 aliphatic carbocycles. The lowest BCUT2D eigenvalue weighted by atomic mass is 10.2. The van der Waals surface area contributed by atoms with Crippen LogP contribution in [-0.4, -0.2) is 21.1 Å². The second-order valence-corrected chi connectivity index (χ2v) is 6.67. The van der Waals surface area contributed by atoms with Crippen LogP contribution in [0.5, 0.6) is 5.75 Å². The van der Waals surface area contributed by atoms with Gasteiger partial charge >= 0.3 is 7.60 Å². The Hall–Kier alpha value is -0.850. The van der Waals surface area contributed by atoms with Crippen molar-refractivity contribution < 1.29 is 19.1 Å². The van der Waals surface area contributed by atoms with Gasteiger partial charge in [-0.15, -0.1) is 0 Å². The summed E-state index contributed by atoms with van der Waals surface area (Å²) in [7, 11) is -4.24. The summed E-state index contributed by atoms with van der Waals surface area (Å²) in [5, 5.41) is 0.834. The minimum absolute atomic E-state index is 0.267. The van der Waals surface area contributed by atoms with Crippen molar-refractivity contribution in [2.45, 2.75) is 6.92 Å². The molecule has 0 spiro atoms. The van der Waals surface area contributed by atoms with Gasteiger partial charge < -0.3 is 20.3 Å². The molecule has 98 valence electrons. The highest BCUT2D eigenvalue weighted by Crippen LogP contribution is 2.41. The van der Waals surface area contributed by atoms with Crippen molar-refractivity contribution in [3.05, 3.63) is 16.7 Å². The minimum atomic E-state index is -4.24. The number of rotatable bonds is 3. The lowest BCUT2D eigenvalue weighted by Crippen LogP contribution is -1.99. The van der Waals surface area contributed by atoms with Gasteiger partial charge in [-0.2, -0.15) is 0 Å². The summed E-state index contributed by atoms with van der Waals surface area (Å²) in [6, 6.07) is 1.58. The number of benzene rings is 1. The van der Waals surface area contributed by atoms with Crippen LogP contribution in [0.15, 0.2) is 6.07 Å². The molecule has 1 heterocycles. The van der Waals surface area contributed by atoms with Crippen molar-refractivity contribution in [2.75, 3.05) is 12.1 Å². The van der Waals surface area contributed by atoms with Crippen LogP contribution < -0.4 is 10.5 Å². The van der Waals surface area contributed by atoms with E-state index in [2.05, 4.69) is 4.98 Å². The van der Waals surface area contributed by atoms with E-state index in [1.807, 2.05) is 0 Å². The van der Waals surface area contributed by atoms with Crippen LogP contribution in [0, 0.1) is 6.92 Å². The van der Waals surface area contributed by atoms with Gasteiger partial charge in [0, 0.05) is 0 Å². The maximum Gasteiger partial charge on any atom is 0.362 e. The van der Waals surface area contributed by atoms with Gasteiger partial charge in [0.15, 0.2) is 11.5 Å². The van der Waals surface area contributed by atoms with Gasteiger partial charge in [0.1, 0.15) is 11.3 Å². The highest BCUT2D eigenvalue weighted by atomic mass is 35.5. The fourth-order valence-corrected chi connectivity index (χ4v) is 2.83. The molecule has 0 fully saturated rings. The average molecular weight is 309 g/mol. The zero-order valence-electron chi connectivity index (χ0n) is 9.25. The number of nitrogens with zero attached hydrogens (tertiary/aromatic N) is 1. The standard InChI is InChI=1S/C9H10ClN2O4PS/c1-4-2-5(16-3-17(13,14)15)7-8(6(4)10)18-9(11)12-7/h2H,3H2,1H3,(H2,11,12)(H2,13,14,15). The molecule has 1 aromatic carbocycles. The summed E-state index contributed by atoms with van der Waals surface area (Å²) >= 11 is 7.31. The van der Waals surface area contributed by atoms with Crippen LogP contribution in [0.25, 0.3) is 10.2 Å². The quantitative estimate of drug-likeness (QED) is 0.752. The molecule has 0 atom stereocenters. The molecule has 0 bridgehead atoms. The van der Waals surface area contributed by atoms with Crippen LogP contribution >= 0.6 is 30.5 Å². The maximum absolute atomic E-state index is 10.8. The lowest BCUT2D eigenvalue weighted by Gasteiger charge is -2.09. The van der Waals surface area contributed by atoms with Crippen LogP contribution in [0.4, 0.5) is 5.13 Å². The maximum atomic E-state index is 10.8. The molecule has 2 rings (SSSR count). The van der Waals surface area contributed by atoms with Crippen LogP contribution in [0.3, 0.4) is 0 Å². The largest absolute Gasteiger partial charge is 0.479 e. The van der Waals surface area contributed by atoms with E-state index >= 15 is 0 Å². The van der Waals surface area contributed by atoms with E-state index in [1.165, 1.54) is 11.3 Å². The van der Waals surface area contributed by atoms with Gasteiger partial charge in [0.25, 0.3) is 0 Å². The number of fused-ring (bicyclic) bond motifs is 1. The third-order valence-electron chi connectivity index (χ3n) is 2.16. The zero-order chi connectivity index (χ0) is 13.5. The number of thiazole rings is 1. The van der Waals surface area contributed by atoms with Gasteiger partial charge in [0.05, 0.1) is 9.72 Å². The SMILES string of the molecule is Cc1cc(OCP(=O)(O)O)c2nc(N)sc2c1Cl. The topological polar surface area (TPSA) is 106 Å². The molecule has 0 aliphatic rings. The Kier molecular flexibility index (Phi) is 3.53. The smallest absolute Gasteiger partial charge is 0.362 e. The Morgan fingerprint density at radius 1 is 1.61 bits per heavy atom. The summed E-state index contributed by atoms with van der Waals surface area (Å²) in [5.41, 5.74) is 6.75. The summed E-state index contributed by atoms with van der Waals surface area (Å²) < 4.78 is 16.5. The van der Waals surface area contributed by atoms with Crippen LogP contribution in [-0.2, 0) is 4.57 Å². The molecular weight excluding hydrogens is 299 g/mol. The number of nitrogen functional groups attached to an aromatic ring is 1. The molecule has 0 aliphatic heterocycles. The number of halogens is 1. The Labute approximate surface area is 112 Å². The van der Waals surface area contributed by atoms with Gasteiger partial charge in [-0.3, -0.25) is 4.57 Å². The summed E-state index contributed by atoms with van der Waals surface area (Å²) in [5.74, 6) is 0.267. The molecular formula is C9H10ClN2O4PS. The Bertz CT molecular complexity index is 654. The lowest BCUT2D eigenvalue weighted by molar-refractivity contribution is 0.302. The number of hydrogen-bond acceptors (Lipinski definition) is 5. The summed E-state index contributed by atoms with van der Waals surface area (Å²) in [6.45, 7) is 1.77. The van der Waals surface area contributed by atoms with Gasteiger partial charge in [-0.05, 0) is 18.6 Å². The zero-order valence-corrected chi connectivity index (χ0v) is 11.7. The van der Waals surface area contributed by atoms with E-state index in [4.69, 9.17) is 31.9 Å². The fourth-order valence-electron chi connectivity index (χ4n) is 1.42. The van der Waals surface area contributed by atoms with Gasteiger partial charge in [-0.25, -0.2) is 4.98 Å². The monoisotopic (exact) mass is 308 g/mol. The van der Waals surface area contributed by atoms with Crippen molar-refractivity contribution in [3.63, 3.8) is 0 Å². The number of anilines is 1. The van der Waals surface area contributed by atoms with E-state index in [-0.39, 0.29) is 5.75 Å². The molecule has 0 saturated heterocycles. The molecule has 4 N–H and O–H groups in total. The molecule has 0 radical (unpaired) electrons. The van der Waals surface area contributed by atoms with Gasteiger partial charge in [0.2, 0.25) is 0 Å². The van der Waals surface area contributed by atoms with Crippen LogP contribution in [0.1, 0.15) is 5.56 Å². The molecule has 1 aromatic heterocycles. The Morgan fingerprint density at radius 3 is 2.89 bits per heavy atom. The molecule has 9 heteroatoms. The number of nitrogens with two attached hydrogens (primary N) is 1. The van der Waals surface area contributed by atoms with Crippen LogP contribution in [0.2, 0.25) is 5.02 Å². The highest BCUT2D eigenvalue weighted by Gasteiger charge is 2.18. The third kappa shape index (κ3) is 2.76. The normalized spacial score (nSPS) is 12.0. The fraction of sp³-hybridized carbons (Fsp3) is 0.222. The van der Waals surface area contributed by atoms with Crippen molar-refractivity contribution in [1.29, 1.82) is 0 Å². The first-order chi connectivity index (χ1) is 8.28. The average Bonchev–Trinajstić information content (AvgIpc) is 2.62. The molecule has 0 amide bonds. The predicted octanol–water partition coefficient (Wildman–Crippen LogP) is 2.35. The van der Waals surface area contributed by atoms with Crippen molar-refractivity contribution in [1.82, 2.24) is 4.98 Å². The third-order valence-corrected chi connectivity index (χ3v) is 4.13. The first-order valence-corrected chi connectivity index (χ1v) is 7.79. The second kappa shape index (κ2) is 4.68. The molecule has 6 nitrogen and oxygen atoms in total. The number of ether oxygens (including phenoxy) is 1. The van der Waals surface area contributed by atoms with E-state index in [0.29, 0.717) is 20.4 Å². The number of hydrogen-bond donors (Lipinski definition) is 3. The van der Waals surface area contributed by atoms with Gasteiger partial charge in [-0.1, -0.05) is 22.9 Å². The first-order valence-electron chi connectivity index (χ1n) is 4.80. The van der Waals surface area contributed by atoms with E-state index in [1.54, 1.807) is 13.0 Å². The number of aromatic nitrogens is 1. The van der Waals surface area contributed by atoms with E-state index < -0.39 is 13.9 Å². The predicted molar refractivity (Wildman–Crippen MR) is 71.3 cm³/mol. The minimum Gasteiger partial charge on any atom is -0.479 e. The van der Waals surface area contributed by atoms with E-state index in [9.17, 15) is 4.57 Å². The second-order valence-electron chi connectivity index (χ2n) is 3.67. The summed E-state index contributed by atoms with van der Waals surface area (Å²) in [6.07, 6.45) is -0.708. The molecule has 18 heavy (non-hydrogen) atoms. The molecule has 2 aromatic rings. The Morgan fingerprint density at radius 2 is 2.28 bits per heavy atom. The molecule has 0 unspecified atom stereocenters.